The summed E-state index contributed by atoms with van der Waals surface area (Å²) in [6.07, 6.45) is 1.54. The summed E-state index contributed by atoms with van der Waals surface area (Å²) in [7, 11) is 1.77. The minimum atomic E-state index is 0.114. The zero-order valence-corrected chi connectivity index (χ0v) is 12.3. The maximum Gasteiger partial charge on any atom is 0.236 e. The van der Waals surface area contributed by atoms with E-state index >= 15 is 0 Å². The molecule has 2 saturated heterocycles. The third-order valence-corrected chi connectivity index (χ3v) is 4.15. The molecule has 2 fully saturated rings. The number of carbonyl (C=O) groups excluding carboxylic acids is 1. The van der Waals surface area contributed by atoms with E-state index in [2.05, 4.69) is 15.9 Å². The smallest absolute Gasteiger partial charge is 0.236 e. The molecule has 0 aromatic heterocycles. The molecule has 0 saturated carbocycles. The van der Waals surface area contributed by atoms with Crippen LogP contribution in [0, 0.1) is 11.3 Å². The van der Waals surface area contributed by atoms with Crippen LogP contribution in [0.5, 0.6) is 0 Å². The Labute approximate surface area is 120 Å². The molecule has 1 atom stereocenters. The number of ether oxygens (including phenoxy) is 1. The van der Waals surface area contributed by atoms with Gasteiger partial charge in [0.1, 0.15) is 0 Å². The van der Waals surface area contributed by atoms with Crippen LogP contribution in [0.25, 0.3) is 0 Å². The molecule has 0 radical (unpaired) electrons. The van der Waals surface area contributed by atoms with E-state index in [4.69, 9.17) is 10.00 Å². The van der Waals surface area contributed by atoms with E-state index in [9.17, 15) is 4.79 Å². The van der Waals surface area contributed by atoms with Crippen molar-refractivity contribution in [3.63, 3.8) is 0 Å². The molecule has 2 rings (SSSR count). The summed E-state index contributed by atoms with van der Waals surface area (Å²) >= 11 is 0. The molecule has 0 aliphatic carbocycles. The van der Waals surface area contributed by atoms with Crippen LogP contribution < -0.4 is 0 Å². The van der Waals surface area contributed by atoms with E-state index in [-0.39, 0.29) is 5.91 Å². The van der Waals surface area contributed by atoms with Crippen LogP contribution in [-0.4, -0.2) is 86.2 Å². The molecular weight excluding hydrogens is 256 g/mol. The first kappa shape index (κ1) is 15.2. The van der Waals surface area contributed by atoms with Gasteiger partial charge in [-0.1, -0.05) is 0 Å². The summed E-state index contributed by atoms with van der Waals surface area (Å²) < 4.78 is 5.38. The van der Waals surface area contributed by atoms with E-state index in [0.29, 0.717) is 25.6 Å². The molecule has 6 nitrogen and oxygen atoms in total. The van der Waals surface area contributed by atoms with Gasteiger partial charge < -0.3 is 9.64 Å². The van der Waals surface area contributed by atoms with Gasteiger partial charge in [-0.25, -0.2) is 0 Å². The van der Waals surface area contributed by atoms with E-state index in [1.165, 1.54) is 0 Å². The van der Waals surface area contributed by atoms with Crippen molar-refractivity contribution in [1.29, 1.82) is 5.26 Å². The highest BCUT2D eigenvalue weighted by molar-refractivity contribution is 5.78. The second-order valence-corrected chi connectivity index (χ2v) is 5.55. The summed E-state index contributed by atoms with van der Waals surface area (Å²) in [5.41, 5.74) is 0. The molecule has 0 bridgehead atoms. The number of likely N-dealkylation sites (tertiary alicyclic amines) is 1. The predicted molar refractivity (Wildman–Crippen MR) is 75.1 cm³/mol. The van der Waals surface area contributed by atoms with Gasteiger partial charge in [-0.2, -0.15) is 5.26 Å². The summed E-state index contributed by atoms with van der Waals surface area (Å²) in [6.45, 7) is 6.62. The van der Waals surface area contributed by atoms with Gasteiger partial charge in [-0.3, -0.25) is 14.6 Å². The summed E-state index contributed by atoms with van der Waals surface area (Å²) in [6, 6.07) is 2.64. The first-order valence-corrected chi connectivity index (χ1v) is 7.36. The molecule has 0 aromatic rings. The topological polar surface area (TPSA) is 59.8 Å². The van der Waals surface area contributed by atoms with Crippen molar-refractivity contribution < 1.29 is 9.53 Å². The van der Waals surface area contributed by atoms with Crippen LogP contribution in [0.15, 0.2) is 0 Å². The van der Waals surface area contributed by atoms with Crippen LogP contribution in [0.4, 0.5) is 0 Å². The molecule has 2 aliphatic rings. The Hall–Kier alpha value is -1.16. The number of rotatable bonds is 5. The number of amides is 1. The van der Waals surface area contributed by atoms with Crippen molar-refractivity contribution >= 4 is 5.91 Å². The van der Waals surface area contributed by atoms with Crippen molar-refractivity contribution in [2.24, 2.45) is 0 Å². The highest BCUT2D eigenvalue weighted by Crippen LogP contribution is 2.16. The standard InChI is InChI=1S/C14H24N4O2/c1-16(5-2-4-15)14(19)12-17-6-3-13(11-17)18-7-9-20-10-8-18/h13H,2-3,5-12H2,1H3. The molecule has 1 unspecified atom stereocenters. The average molecular weight is 280 g/mol. The van der Waals surface area contributed by atoms with Crippen LogP contribution in [0.3, 0.4) is 0 Å². The van der Waals surface area contributed by atoms with Gasteiger partial charge >= 0.3 is 0 Å². The SMILES string of the molecule is CN(CCC#N)C(=O)CN1CCC(N2CCOCC2)C1. The van der Waals surface area contributed by atoms with Crippen molar-refractivity contribution in [2.75, 3.05) is 59.5 Å². The maximum atomic E-state index is 12.0. The number of morpholine rings is 1. The van der Waals surface area contributed by atoms with Crippen LogP contribution >= 0.6 is 0 Å². The van der Waals surface area contributed by atoms with Gasteiger partial charge in [0.15, 0.2) is 0 Å². The van der Waals surface area contributed by atoms with Crippen LogP contribution in [0.2, 0.25) is 0 Å². The number of likely N-dealkylation sites (N-methyl/N-ethyl adjacent to an activating group) is 1. The highest BCUT2D eigenvalue weighted by atomic mass is 16.5. The van der Waals surface area contributed by atoms with Gasteiger partial charge in [-0.15, -0.1) is 0 Å². The van der Waals surface area contributed by atoms with Gasteiger partial charge in [0.2, 0.25) is 5.91 Å². The van der Waals surface area contributed by atoms with E-state index < -0.39 is 0 Å². The number of nitriles is 1. The van der Waals surface area contributed by atoms with Crippen molar-refractivity contribution in [2.45, 2.75) is 18.9 Å². The Morgan fingerprint density at radius 2 is 2.15 bits per heavy atom. The third kappa shape index (κ3) is 4.17. The molecule has 2 heterocycles. The fourth-order valence-corrected chi connectivity index (χ4v) is 2.85. The second-order valence-electron chi connectivity index (χ2n) is 5.55. The Balaban J connectivity index is 1.72. The lowest BCUT2D eigenvalue weighted by Gasteiger charge is -2.32. The summed E-state index contributed by atoms with van der Waals surface area (Å²) in [4.78, 5) is 18.4. The minimum absolute atomic E-state index is 0.114. The molecule has 20 heavy (non-hydrogen) atoms. The molecule has 0 N–H and O–H groups in total. The first-order chi connectivity index (χ1) is 9.70. The minimum Gasteiger partial charge on any atom is -0.379 e. The quantitative estimate of drug-likeness (QED) is 0.696. The third-order valence-electron chi connectivity index (χ3n) is 4.15. The molecular formula is C14H24N4O2. The number of nitrogens with zero attached hydrogens (tertiary/aromatic N) is 4. The van der Waals surface area contributed by atoms with Crippen LogP contribution in [-0.2, 0) is 9.53 Å². The zero-order valence-electron chi connectivity index (χ0n) is 12.3. The van der Waals surface area contributed by atoms with Gasteiger partial charge in [0, 0.05) is 45.8 Å². The first-order valence-electron chi connectivity index (χ1n) is 7.36. The molecule has 112 valence electrons. The number of hydrogen-bond acceptors (Lipinski definition) is 5. The Kier molecular flexibility index (Phi) is 5.77. The molecule has 2 aliphatic heterocycles. The largest absolute Gasteiger partial charge is 0.379 e. The van der Waals surface area contributed by atoms with Gasteiger partial charge in [0.05, 0.1) is 32.2 Å². The number of hydrogen-bond donors (Lipinski definition) is 0. The fourth-order valence-electron chi connectivity index (χ4n) is 2.85. The van der Waals surface area contributed by atoms with E-state index in [1.54, 1.807) is 11.9 Å². The van der Waals surface area contributed by atoms with E-state index in [1.807, 2.05) is 0 Å². The number of carbonyl (C=O) groups is 1. The maximum absolute atomic E-state index is 12.0. The Bertz CT molecular complexity index is 363. The van der Waals surface area contributed by atoms with E-state index in [0.717, 1.165) is 45.8 Å². The lowest BCUT2D eigenvalue weighted by atomic mass is 10.2. The monoisotopic (exact) mass is 280 g/mol. The molecule has 0 spiro atoms. The highest BCUT2D eigenvalue weighted by Gasteiger charge is 2.29. The van der Waals surface area contributed by atoms with Crippen LogP contribution in [0.1, 0.15) is 12.8 Å². The molecule has 1 amide bonds. The zero-order chi connectivity index (χ0) is 14.4. The lowest BCUT2D eigenvalue weighted by Crippen LogP contribution is -2.45. The van der Waals surface area contributed by atoms with Crippen molar-refractivity contribution in [3.05, 3.63) is 0 Å². The van der Waals surface area contributed by atoms with Crippen molar-refractivity contribution in [3.8, 4) is 6.07 Å². The van der Waals surface area contributed by atoms with Gasteiger partial charge in [0.25, 0.3) is 0 Å². The Morgan fingerprint density at radius 3 is 2.85 bits per heavy atom. The Morgan fingerprint density at radius 1 is 1.40 bits per heavy atom. The normalized spacial score (nSPS) is 24.5. The molecule has 6 heteroatoms. The average Bonchev–Trinajstić information content (AvgIpc) is 2.94. The fraction of sp³-hybridized carbons (Fsp3) is 0.857. The summed E-state index contributed by atoms with van der Waals surface area (Å²) in [5, 5.41) is 8.55. The summed E-state index contributed by atoms with van der Waals surface area (Å²) in [5.74, 6) is 0.114. The van der Waals surface area contributed by atoms with Crippen molar-refractivity contribution in [1.82, 2.24) is 14.7 Å². The molecule has 0 aromatic carbocycles. The second kappa shape index (κ2) is 7.58. The predicted octanol–water partition coefficient (Wildman–Crippen LogP) is -0.235. The lowest BCUT2D eigenvalue weighted by molar-refractivity contribution is -0.130. The van der Waals surface area contributed by atoms with Gasteiger partial charge in [-0.05, 0) is 6.42 Å².